The van der Waals surface area contributed by atoms with Crippen molar-refractivity contribution in [3.63, 3.8) is 0 Å². The summed E-state index contributed by atoms with van der Waals surface area (Å²) in [7, 11) is 14.9. The van der Waals surface area contributed by atoms with E-state index in [9.17, 15) is 0 Å². The standard InChI is InChI=1S/C10H16.3ClH.V/c1-6-7(2)9(4)10(5)8(6)3;;;;/h6H,1-5H3;3*1H;/q;;;;+3/p-3. The van der Waals surface area contributed by atoms with E-state index in [4.69, 9.17) is 29.5 Å². The molecule has 0 N–H and O–H groups in total. The van der Waals surface area contributed by atoms with Gasteiger partial charge in [0.25, 0.3) is 0 Å². The minimum absolute atomic E-state index is 0.694. The van der Waals surface area contributed by atoms with Crippen LogP contribution in [0.4, 0.5) is 0 Å². The fourth-order valence-electron chi connectivity index (χ4n) is 1.57. The molecule has 0 nitrogen and oxygen atoms in total. The van der Waals surface area contributed by atoms with Crippen molar-refractivity contribution in [1.82, 2.24) is 0 Å². The Labute approximate surface area is 104 Å². The summed E-state index contributed by atoms with van der Waals surface area (Å²) in [4.78, 5) is 0. The van der Waals surface area contributed by atoms with Crippen molar-refractivity contribution < 1.29 is 12.3 Å². The first kappa shape index (κ1) is 14.9. The van der Waals surface area contributed by atoms with Crippen molar-refractivity contribution in [2.45, 2.75) is 34.6 Å². The van der Waals surface area contributed by atoms with E-state index >= 15 is 0 Å². The summed E-state index contributed by atoms with van der Waals surface area (Å²) in [6.07, 6.45) is 0. The van der Waals surface area contributed by atoms with Crippen LogP contribution in [0.25, 0.3) is 0 Å². The van der Waals surface area contributed by atoms with Crippen LogP contribution in [0, 0.1) is 5.92 Å². The molecule has 0 aromatic heterocycles. The first-order chi connectivity index (χ1) is 6.29. The number of halogens is 3. The quantitative estimate of drug-likeness (QED) is 0.563. The molecule has 1 aliphatic carbocycles. The zero-order valence-electron chi connectivity index (χ0n) is 9.16. The Bertz CT molecular complexity index is 240. The average Bonchev–Trinajstić information content (AvgIpc) is 2.23. The van der Waals surface area contributed by atoms with Gasteiger partial charge in [0, 0.05) is 0 Å². The fourth-order valence-corrected chi connectivity index (χ4v) is 1.57. The Morgan fingerprint density at radius 1 is 0.857 bits per heavy atom. The van der Waals surface area contributed by atoms with Crippen LogP contribution in [-0.4, -0.2) is 0 Å². The number of rotatable bonds is 0. The van der Waals surface area contributed by atoms with Crippen molar-refractivity contribution in [3.8, 4) is 0 Å². The molecule has 14 heavy (non-hydrogen) atoms. The normalized spacial score (nSPS) is 17.8. The van der Waals surface area contributed by atoms with Crippen LogP contribution in [0.15, 0.2) is 22.3 Å². The molecule has 0 spiro atoms. The molecular weight excluding hydrogens is 277 g/mol. The number of hydrogen-bond donors (Lipinski definition) is 0. The Morgan fingerprint density at radius 2 is 1.07 bits per heavy atom. The zero-order chi connectivity index (χ0) is 11.5. The monoisotopic (exact) mass is 292 g/mol. The van der Waals surface area contributed by atoms with Gasteiger partial charge in [0.15, 0.2) is 0 Å². The summed E-state index contributed by atoms with van der Waals surface area (Å²) < 4.78 is 0. The van der Waals surface area contributed by atoms with Crippen LogP contribution >= 0.6 is 29.5 Å². The average molecular weight is 294 g/mol. The third kappa shape index (κ3) is 4.20. The van der Waals surface area contributed by atoms with Crippen LogP contribution < -0.4 is 0 Å². The molecule has 82 valence electrons. The molecule has 1 rings (SSSR count). The molecule has 0 heterocycles. The molecule has 0 aromatic rings. The van der Waals surface area contributed by atoms with E-state index in [0.717, 1.165) is 0 Å². The molecule has 0 atom stereocenters. The van der Waals surface area contributed by atoms with Gasteiger partial charge >= 0.3 is 41.8 Å². The van der Waals surface area contributed by atoms with E-state index in [1.807, 2.05) is 0 Å². The van der Waals surface area contributed by atoms with Crippen molar-refractivity contribution in [2.24, 2.45) is 5.92 Å². The van der Waals surface area contributed by atoms with Gasteiger partial charge in [-0.25, -0.2) is 0 Å². The van der Waals surface area contributed by atoms with Gasteiger partial charge in [0.05, 0.1) is 0 Å². The molecule has 0 saturated heterocycles. The van der Waals surface area contributed by atoms with Gasteiger partial charge in [-0.2, -0.15) is 0 Å². The number of allylic oxidation sites excluding steroid dienone is 4. The first-order valence-electron chi connectivity index (χ1n) is 4.41. The molecule has 1 aliphatic rings. The van der Waals surface area contributed by atoms with E-state index in [2.05, 4.69) is 34.6 Å². The topological polar surface area (TPSA) is 0 Å². The molecule has 4 heteroatoms. The third-order valence-corrected chi connectivity index (χ3v) is 3.04. The van der Waals surface area contributed by atoms with E-state index in [-0.39, 0.29) is 0 Å². The Kier molecular flexibility index (Phi) is 6.94. The molecule has 0 aliphatic heterocycles. The predicted octanol–water partition coefficient (Wildman–Crippen LogP) is 5.37. The Hall–Kier alpha value is 0.934. The summed E-state index contributed by atoms with van der Waals surface area (Å²) in [6, 6.07) is 0. The summed E-state index contributed by atoms with van der Waals surface area (Å²) in [6.45, 7) is 11.2. The fraction of sp³-hybridized carbons (Fsp3) is 0.600. The van der Waals surface area contributed by atoms with Crippen molar-refractivity contribution >= 4 is 29.5 Å². The van der Waals surface area contributed by atoms with Crippen LogP contribution in [0.3, 0.4) is 0 Å². The maximum atomic E-state index is 4.95. The van der Waals surface area contributed by atoms with Gasteiger partial charge in [-0.3, -0.25) is 0 Å². The molecule has 0 saturated carbocycles. The van der Waals surface area contributed by atoms with Gasteiger partial charge < -0.3 is 0 Å². The Morgan fingerprint density at radius 3 is 1.14 bits per heavy atom. The minimum atomic E-state index is -1.77. The molecule has 0 amide bonds. The van der Waals surface area contributed by atoms with E-state index in [1.165, 1.54) is 11.1 Å². The second-order valence-electron chi connectivity index (χ2n) is 3.53. The first-order valence-corrected chi connectivity index (χ1v) is 10.2. The van der Waals surface area contributed by atoms with Crippen LogP contribution in [0.1, 0.15) is 34.6 Å². The van der Waals surface area contributed by atoms with Gasteiger partial charge in [-0.1, -0.05) is 18.1 Å². The van der Waals surface area contributed by atoms with E-state index < -0.39 is 12.3 Å². The zero-order valence-corrected chi connectivity index (χ0v) is 12.8. The molecule has 0 bridgehead atoms. The van der Waals surface area contributed by atoms with Crippen molar-refractivity contribution in [1.29, 1.82) is 0 Å². The van der Waals surface area contributed by atoms with Crippen LogP contribution in [0.5, 0.6) is 0 Å². The molecule has 0 aromatic carbocycles. The van der Waals surface area contributed by atoms with Crippen molar-refractivity contribution in [3.05, 3.63) is 22.3 Å². The second kappa shape index (κ2) is 6.50. The molecular formula is C10H16Cl3V. The Balaban J connectivity index is 0.000000364. The van der Waals surface area contributed by atoms with Gasteiger partial charge in [-0.15, -0.1) is 0 Å². The molecule has 0 fully saturated rings. The maximum absolute atomic E-state index is 4.95. The summed E-state index contributed by atoms with van der Waals surface area (Å²) in [5, 5.41) is 0. The van der Waals surface area contributed by atoms with Crippen molar-refractivity contribution in [2.75, 3.05) is 0 Å². The molecule has 0 unspecified atom stereocenters. The van der Waals surface area contributed by atoms with Gasteiger partial charge in [-0.05, 0) is 44.8 Å². The summed E-state index contributed by atoms with van der Waals surface area (Å²) in [5.41, 5.74) is 6.11. The van der Waals surface area contributed by atoms with Gasteiger partial charge in [0.1, 0.15) is 0 Å². The number of hydrogen-bond acceptors (Lipinski definition) is 0. The third-order valence-electron chi connectivity index (χ3n) is 3.04. The van der Waals surface area contributed by atoms with Crippen LogP contribution in [0.2, 0.25) is 0 Å². The van der Waals surface area contributed by atoms with Gasteiger partial charge in [0.2, 0.25) is 0 Å². The van der Waals surface area contributed by atoms with E-state index in [1.54, 1.807) is 11.1 Å². The van der Waals surface area contributed by atoms with E-state index in [0.29, 0.717) is 5.92 Å². The molecule has 0 radical (unpaired) electrons. The van der Waals surface area contributed by atoms with Crippen LogP contribution in [-0.2, 0) is 12.3 Å². The summed E-state index contributed by atoms with van der Waals surface area (Å²) in [5.74, 6) is 0.694. The second-order valence-corrected chi connectivity index (χ2v) is 10.4. The SMILES string of the molecule is CC1=C(C)C(C)C(C)=C1C.[Cl][V]([Cl])[Cl]. The summed E-state index contributed by atoms with van der Waals surface area (Å²) >= 11 is -1.77. The predicted molar refractivity (Wildman–Crippen MR) is 63.5 cm³/mol.